The number of nitrogens with one attached hydrogen (secondary N) is 1. The minimum absolute atomic E-state index is 0.111. The number of pyridine rings is 1. The largest absolute Gasteiger partial charge is 0.301 e. The Bertz CT molecular complexity index is 1710. The Labute approximate surface area is 205 Å². The molecule has 3 heterocycles. The molecule has 0 unspecified atom stereocenters. The first kappa shape index (κ1) is 23.6. The predicted octanol–water partition coefficient (Wildman–Crippen LogP) is 3.98. The van der Waals surface area contributed by atoms with Crippen LogP contribution in [0.15, 0.2) is 67.4 Å². The molecule has 12 heteroatoms. The van der Waals surface area contributed by atoms with Crippen molar-refractivity contribution in [2.75, 3.05) is 18.8 Å². The van der Waals surface area contributed by atoms with Gasteiger partial charge < -0.3 is 0 Å². The van der Waals surface area contributed by atoms with Gasteiger partial charge in [0, 0.05) is 56.3 Å². The van der Waals surface area contributed by atoms with Crippen molar-refractivity contribution >= 4 is 27.1 Å². The van der Waals surface area contributed by atoms with Gasteiger partial charge in [-0.15, -0.1) is 0 Å². The Balaban J connectivity index is 1.65. The number of benzene rings is 2. The summed E-state index contributed by atoms with van der Waals surface area (Å²) in [7, 11) is 0.752. The zero-order valence-electron chi connectivity index (χ0n) is 19.5. The third kappa shape index (κ3) is 4.43. The minimum Gasteiger partial charge on any atom is -0.283 e. The van der Waals surface area contributed by atoms with Gasteiger partial charge in [0.2, 0.25) is 0 Å². The fourth-order valence-electron chi connectivity index (χ4n) is 3.75. The van der Waals surface area contributed by atoms with E-state index in [-0.39, 0.29) is 11.3 Å². The third-order valence-electron chi connectivity index (χ3n) is 5.59. The Hall–Kier alpha value is -4.16. The molecule has 3 aromatic heterocycles. The first-order valence-electron chi connectivity index (χ1n) is 10.7. The van der Waals surface area contributed by atoms with Gasteiger partial charge in [0.1, 0.15) is 23.5 Å². The van der Waals surface area contributed by atoms with E-state index in [1.54, 1.807) is 40.1 Å². The summed E-state index contributed by atoms with van der Waals surface area (Å²) in [5.41, 5.74) is 3.96. The average Bonchev–Trinajstić information content (AvgIpc) is 3.44. The molecule has 9 nitrogen and oxygen atoms in total. The van der Waals surface area contributed by atoms with E-state index in [0.29, 0.717) is 22.4 Å². The molecule has 0 atom stereocenters. The molecule has 0 aliphatic carbocycles. The number of anilines is 1. The second-order valence-electron chi connectivity index (χ2n) is 8.37. The van der Waals surface area contributed by atoms with Crippen molar-refractivity contribution in [1.29, 1.82) is 0 Å². The van der Waals surface area contributed by atoms with Crippen LogP contribution in [0.1, 0.15) is 0 Å². The van der Waals surface area contributed by atoms with E-state index >= 15 is 0 Å². The quantitative estimate of drug-likeness (QED) is 0.373. The van der Waals surface area contributed by atoms with E-state index in [1.807, 2.05) is 19.3 Å². The summed E-state index contributed by atoms with van der Waals surface area (Å²) in [4.78, 5) is 9.01. The first-order valence-corrected chi connectivity index (χ1v) is 12.2. The standard InChI is InChI=1S/C24H21F2N7O2S/c1-31(2)36(34,35)30-19-6-15(21-5-4-18(25)9-22(21)26)7-20(10-19)33-14-28-23-8-16(11-27-24(23)33)17-12-29-32(3)13-17/h4-14,30H,1-3H3. The molecule has 0 spiro atoms. The van der Waals surface area contributed by atoms with E-state index in [4.69, 9.17) is 0 Å². The van der Waals surface area contributed by atoms with E-state index in [9.17, 15) is 17.2 Å². The third-order valence-corrected chi connectivity index (χ3v) is 7.05. The lowest BCUT2D eigenvalue weighted by Crippen LogP contribution is -2.29. The molecule has 2 aromatic carbocycles. The van der Waals surface area contributed by atoms with Gasteiger partial charge in [-0.05, 0) is 42.0 Å². The summed E-state index contributed by atoms with van der Waals surface area (Å²) >= 11 is 0. The molecule has 0 saturated heterocycles. The molecule has 0 amide bonds. The van der Waals surface area contributed by atoms with Crippen LogP contribution < -0.4 is 4.72 Å². The number of hydrogen-bond donors (Lipinski definition) is 1. The van der Waals surface area contributed by atoms with Gasteiger partial charge in [0.05, 0.1) is 17.6 Å². The lowest BCUT2D eigenvalue weighted by Gasteiger charge is -2.16. The Morgan fingerprint density at radius 2 is 1.75 bits per heavy atom. The molecule has 0 saturated carbocycles. The Morgan fingerprint density at radius 3 is 2.44 bits per heavy atom. The Kier molecular flexibility index (Phi) is 5.77. The summed E-state index contributed by atoms with van der Waals surface area (Å²) in [6, 6.07) is 9.81. The fraction of sp³-hybridized carbons (Fsp3) is 0.125. The maximum Gasteiger partial charge on any atom is 0.301 e. The van der Waals surface area contributed by atoms with Crippen LogP contribution in [0.3, 0.4) is 0 Å². The second kappa shape index (κ2) is 8.81. The summed E-state index contributed by atoms with van der Waals surface area (Å²) < 4.78 is 60.0. The molecule has 36 heavy (non-hydrogen) atoms. The fourth-order valence-corrected chi connectivity index (χ4v) is 4.35. The van der Waals surface area contributed by atoms with Crippen molar-refractivity contribution in [3.8, 4) is 27.9 Å². The number of hydrogen-bond acceptors (Lipinski definition) is 5. The number of halogens is 2. The van der Waals surface area contributed by atoms with Crippen LogP contribution in [-0.4, -0.2) is 51.1 Å². The number of fused-ring (bicyclic) bond motifs is 1. The maximum atomic E-state index is 14.6. The molecule has 0 fully saturated rings. The molecule has 5 aromatic rings. The average molecular weight is 510 g/mol. The molecule has 184 valence electrons. The molecule has 1 N–H and O–H groups in total. The van der Waals surface area contributed by atoms with Crippen LogP contribution in [0.5, 0.6) is 0 Å². The van der Waals surface area contributed by atoms with Crippen LogP contribution in [0.4, 0.5) is 14.5 Å². The van der Waals surface area contributed by atoms with Crippen LogP contribution in [-0.2, 0) is 17.3 Å². The van der Waals surface area contributed by atoms with E-state index < -0.39 is 21.8 Å². The van der Waals surface area contributed by atoms with Gasteiger partial charge >= 0.3 is 10.2 Å². The smallest absolute Gasteiger partial charge is 0.283 e. The first-order chi connectivity index (χ1) is 17.1. The number of nitrogens with zero attached hydrogens (tertiary/aromatic N) is 6. The van der Waals surface area contributed by atoms with Crippen LogP contribution in [0.25, 0.3) is 39.1 Å². The van der Waals surface area contributed by atoms with E-state index in [1.165, 1.54) is 26.2 Å². The highest BCUT2D eigenvalue weighted by molar-refractivity contribution is 7.90. The molecular formula is C24H21F2N7O2S. The van der Waals surface area contributed by atoms with Gasteiger partial charge in [-0.1, -0.05) is 0 Å². The maximum absolute atomic E-state index is 14.6. The topological polar surface area (TPSA) is 97.9 Å². The minimum atomic E-state index is -3.85. The van der Waals surface area contributed by atoms with Crippen molar-refractivity contribution < 1.29 is 17.2 Å². The van der Waals surface area contributed by atoms with Crippen molar-refractivity contribution in [3.05, 3.63) is 79.0 Å². The molecular weight excluding hydrogens is 488 g/mol. The molecule has 5 rings (SSSR count). The van der Waals surface area contributed by atoms with E-state index in [0.717, 1.165) is 27.6 Å². The number of aromatic nitrogens is 5. The highest BCUT2D eigenvalue weighted by Gasteiger charge is 2.17. The van der Waals surface area contributed by atoms with Gasteiger partial charge in [0.15, 0.2) is 5.65 Å². The molecule has 0 radical (unpaired) electrons. The van der Waals surface area contributed by atoms with Crippen LogP contribution in [0.2, 0.25) is 0 Å². The molecule has 0 aliphatic rings. The zero-order valence-corrected chi connectivity index (χ0v) is 20.3. The zero-order chi connectivity index (χ0) is 25.6. The SMILES string of the molecule is CN(C)S(=O)(=O)Nc1cc(-c2ccc(F)cc2F)cc(-n2cnc3cc(-c4cnn(C)c4)cnc32)c1. The lowest BCUT2D eigenvalue weighted by molar-refractivity contribution is 0.527. The van der Waals surface area contributed by atoms with Gasteiger partial charge in [-0.2, -0.15) is 17.8 Å². The van der Waals surface area contributed by atoms with Crippen molar-refractivity contribution in [3.63, 3.8) is 0 Å². The van der Waals surface area contributed by atoms with Crippen LogP contribution in [0, 0.1) is 11.6 Å². The summed E-state index contributed by atoms with van der Waals surface area (Å²) in [5, 5.41) is 4.18. The van der Waals surface area contributed by atoms with Gasteiger partial charge in [0.25, 0.3) is 0 Å². The number of imidazole rings is 1. The molecule has 0 aliphatic heterocycles. The van der Waals surface area contributed by atoms with Crippen molar-refractivity contribution in [2.24, 2.45) is 7.05 Å². The summed E-state index contributed by atoms with van der Waals surface area (Å²) in [6.45, 7) is 0. The monoisotopic (exact) mass is 509 g/mol. The summed E-state index contributed by atoms with van der Waals surface area (Å²) in [6.07, 6.45) is 6.83. The lowest BCUT2D eigenvalue weighted by atomic mass is 10.0. The van der Waals surface area contributed by atoms with Crippen molar-refractivity contribution in [1.82, 2.24) is 28.6 Å². The highest BCUT2D eigenvalue weighted by Crippen LogP contribution is 2.31. The number of rotatable bonds is 6. The normalized spacial score (nSPS) is 11.9. The predicted molar refractivity (Wildman–Crippen MR) is 133 cm³/mol. The Morgan fingerprint density at radius 1 is 0.944 bits per heavy atom. The van der Waals surface area contributed by atoms with E-state index in [2.05, 4.69) is 19.8 Å². The highest BCUT2D eigenvalue weighted by atomic mass is 32.2. The van der Waals surface area contributed by atoms with Crippen molar-refractivity contribution in [2.45, 2.75) is 0 Å². The second-order valence-corrected chi connectivity index (χ2v) is 10.3. The summed E-state index contributed by atoms with van der Waals surface area (Å²) in [5.74, 6) is -1.49. The number of aryl methyl sites for hydroxylation is 1. The molecule has 0 bridgehead atoms. The van der Waals surface area contributed by atoms with Gasteiger partial charge in [-0.25, -0.2) is 18.7 Å². The van der Waals surface area contributed by atoms with Gasteiger partial charge in [-0.3, -0.25) is 14.0 Å². The van der Waals surface area contributed by atoms with Crippen LogP contribution >= 0.6 is 0 Å².